The second kappa shape index (κ2) is 6.66. The zero-order valence-electron chi connectivity index (χ0n) is 12.3. The summed E-state index contributed by atoms with van der Waals surface area (Å²) < 4.78 is 0. The van der Waals surface area contributed by atoms with Gasteiger partial charge in [-0.3, -0.25) is 4.79 Å². The highest BCUT2D eigenvalue weighted by Gasteiger charge is 2.27. The number of hydrogen-bond acceptors (Lipinski definition) is 4. The molecule has 2 N–H and O–H groups in total. The summed E-state index contributed by atoms with van der Waals surface area (Å²) in [5.74, 6) is 0.938. The van der Waals surface area contributed by atoms with Crippen molar-refractivity contribution in [2.45, 2.75) is 31.2 Å². The molecule has 1 aromatic heterocycles. The summed E-state index contributed by atoms with van der Waals surface area (Å²) in [7, 11) is 0. The molecule has 5 nitrogen and oxygen atoms in total. The summed E-state index contributed by atoms with van der Waals surface area (Å²) in [6.45, 7) is 0.0109. The Kier molecular flexibility index (Phi) is 4.44. The number of aliphatic hydroxyl groups is 1. The molecule has 114 valence electrons. The number of nitrogens with one attached hydrogen (secondary N) is 1. The number of aromatic nitrogens is 2. The molecule has 1 heterocycles. The summed E-state index contributed by atoms with van der Waals surface area (Å²) in [4.78, 5) is 21.0. The largest absolute Gasteiger partial charge is 0.396 e. The highest BCUT2D eigenvalue weighted by Crippen LogP contribution is 2.37. The van der Waals surface area contributed by atoms with Crippen molar-refractivity contribution in [1.29, 1.82) is 0 Å². The summed E-state index contributed by atoms with van der Waals surface area (Å²) in [6.07, 6.45) is 4.31. The number of nitrogens with zero attached hydrogens (tertiary/aromatic N) is 2. The molecule has 0 bridgehead atoms. The number of aliphatic hydroxyl groups excluding tert-OH is 1. The highest BCUT2D eigenvalue weighted by molar-refractivity contribution is 5.92. The zero-order valence-corrected chi connectivity index (χ0v) is 12.3. The maximum absolute atomic E-state index is 12.4. The molecule has 1 aliphatic carbocycles. The van der Waals surface area contributed by atoms with Crippen molar-refractivity contribution in [1.82, 2.24) is 15.3 Å². The Balaban J connectivity index is 1.74. The predicted octanol–water partition coefficient (Wildman–Crippen LogP) is 2.21. The molecule has 0 radical (unpaired) electrons. The van der Waals surface area contributed by atoms with Crippen LogP contribution in [0.3, 0.4) is 0 Å². The fourth-order valence-corrected chi connectivity index (χ4v) is 2.41. The third-order valence-electron chi connectivity index (χ3n) is 3.77. The number of rotatable bonds is 6. The molecule has 1 aromatic carbocycles. The van der Waals surface area contributed by atoms with Gasteiger partial charge in [0.2, 0.25) is 0 Å². The molecule has 2 aromatic rings. The van der Waals surface area contributed by atoms with Gasteiger partial charge in [-0.25, -0.2) is 9.97 Å². The van der Waals surface area contributed by atoms with Crippen molar-refractivity contribution in [3.63, 3.8) is 0 Å². The lowest BCUT2D eigenvalue weighted by atomic mass is 10.0. The molecule has 5 heteroatoms. The van der Waals surface area contributed by atoms with Crippen molar-refractivity contribution >= 4 is 5.91 Å². The fraction of sp³-hybridized carbons (Fsp3) is 0.353. The first-order chi connectivity index (χ1) is 10.8. The minimum atomic E-state index is -0.230. The molecule has 0 spiro atoms. The Morgan fingerprint density at radius 2 is 2.05 bits per heavy atom. The molecule has 1 aliphatic rings. The highest BCUT2D eigenvalue weighted by atomic mass is 16.3. The first-order valence-corrected chi connectivity index (χ1v) is 7.57. The monoisotopic (exact) mass is 297 g/mol. The van der Waals surface area contributed by atoms with Crippen LogP contribution in [-0.4, -0.2) is 27.6 Å². The summed E-state index contributed by atoms with van der Waals surface area (Å²) >= 11 is 0. The molecule has 1 amide bonds. The summed E-state index contributed by atoms with van der Waals surface area (Å²) in [5.41, 5.74) is 1.36. The van der Waals surface area contributed by atoms with Gasteiger partial charge in [-0.1, -0.05) is 30.3 Å². The molecule has 1 fully saturated rings. The van der Waals surface area contributed by atoms with Crippen LogP contribution in [0.15, 0.2) is 42.6 Å². The number of benzene rings is 1. The van der Waals surface area contributed by atoms with Crippen LogP contribution in [0.4, 0.5) is 0 Å². The van der Waals surface area contributed by atoms with Gasteiger partial charge in [0.05, 0.1) is 6.04 Å². The Morgan fingerprint density at radius 3 is 2.73 bits per heavy atom. The van der Waals surface area contributed by atoms with E-state index in [4.69, 9.17) is 0 Å². The van der Waals surface area contributed by atoms with E-state index in [1.54, 1.807) is 12.3 Å². The van der Waals surface area contributed by atoms with E-state index in [2.05, 4.69) is 15.3 Å². The van der Waals surface area contributed by atoms with E-state index in [0.29, 0.717) is 18.0 Å². The standard InChI is InChI=1S/C17H19N3O2/c21-11-9-14(12-4-2-1-3-5-12)20-17(22)15-8-10-18-16(19-15)13-6-7-13/h1-5,8,10,13-14,21H,6-7,9,11H2,(H,20,22). The van der Waals surface area contributed by atoms with Crippen molar-refractivity contribution in [3.8, 4) is 0 Å². The fourth-order valence-electron chi connectivity index (χ4n) is 2.41. The molecule has 0 saturated heterocycles. The maximum Gasteiger partial charge on any atom is 0.270 e. The topological polar surface area (TPSA) is 75.1 Å². The van der Waals surface area contributed by atoms with Crippen LogP contribution in [0.1, 0.15) is 53.1 Å². The summed E-state index contributed by atoms with van der Waals surface area (Å²) in [6, 6.07) is 11.0. The average Bonchev–Trinajstić information content (AvgIpc) is 3.40. The lowest BCUT2D eigenvalue weighted by molar-refractivity contribution is 0.0924. The number of carbonyl (C=O) groups excluding carboxylic acids is 1. The second-order valence-electron chi connectivity index (χ2n) is 5.52. The normalized spacial score (nSPS) is 15.3. The van der Waals surface area contributed by atoms with E-state index in [9.17, 15) is 9.90 Å². The average molecular weight is 297 g/mol. The number of hydrogen-bond donors (Lipinski definition) is 2. The van der Waals surface area contributed by atoms with Gasteiger partial charge in [0.15, 0.2) is 0 Å². The predicted molar refractivity (Wildman–Crippen MR) is 82.4 cm³/mol. The van der Waals surface area contributed by atoms with E-state index >= 15 is 0 Å². The SMILES string of the molecule is O=C(NC(CCO)c1ccccc1)c1ccnc(C2CC2)n1. The van der Waals surface area contributed by atoms with Gasteiger partial charge in [-0.15, -0.1) is 0 Å². The van der Waals surface area contributed by atoms with Crippen LogP contribution in [-0.2, 0) is 0 Å². The first kappa shape index (κ1) is 14.7. The van der Waals surface area contributed by atoms with Crippen LogP contribution in [0.25, 0.3) is 0 Å². The van der Waals surface area contributed by atoms with Gasteiger partial charge in [0.1, 0.15) is 11.5 Å². The quantitative estimate of drug-likeness (QED) is 0.857. The van der Waals surface area contributed by atoms with Crippen molar-refractivity contribution in [3.05, 3.63) is 59.7 Å². The third-order valence-corrected chi connectivity index (χ3v) is 3.77. The molecule has 1 saturated carbocycles. The van der Waals surface area contributed by atoms with Crippen molar-refractivity contribution in [2.24, 2.45) is 0 Å². The molecule has 1 unspecified atom stereocenters. The molecular formula is C17H19N3O2. The van der Waals surface area contributed by atoms with Gasteiger partial charge in [0.25, 0.3) is 5.91 Å². The zero-order chi connectivity index (χ0) is 15.4. The Bertz CT molecular complexity index is 641. The number of amides is 1. The van der Waals surface area contributed by atoms with Crippen LogP contribution in [0.2, 0.25) is 0 Å². The molecule has 0 aliphatic heterocycles. The van der Waals surface area contributed by atoms with E-state index in [0.717, 1.165) is 24.2 Å². The minimum Gasteiger partial charge on any atom is -0.396 e. The summed E-state index contributed by atoms with van der Waals surface area (Å²) in [5, 5.41) is 12.2. The van der Waals surface area contributed by atoms with Gasteiger partial charge in [-0.2, -0.15) is 0 Å². The van der Waals surface area contributed by atoms with Crippen LogP contribution in [0.5, 0.6) is 0 Å². The lowest BCUT2D eigenvalue weighted by Gasteiger charge is -2.18. The van der Waals surface area contributed by atoms with Gasteiger partial charge < -0.3 is 10.4 Å². The van der Waals surface area contributed by atoms with Crippen molar-refractivity contribution < 1.29 is 9.90 Å². The maximum atomic E-state index is 12.4. The molecule has 1 atom stereocenters. The lowest BCUT2D eigenvalue weighted by Crippen LogP contribution is -2.30. The number of carbonyl (C=O) groups is 1. The Hall–Kier alpha value is -2.27. The van der Waals surface area contributed by atoms with Gasteiger partial charge in [0, 0.05) is 18.7 Å². The molecule has 22 heavy (non-hydrogen) atoms. The van der Waals surface area contributed by atoms with Crippen LogP contribution >= 0.6 is 0 Å². The van der Waals surface area contributed by atoms with Crippen LogP contribution < -0.4 is 5.32 Å². The van der Waals surface area contributed by atoms with Crippen LogP contribution in [0, 0.1) is 0 Å². The second-order valence-corrected chi connectivity index (χ2v) is 5.52. The van der Waals surface area contributed by atoms with E-state index in [-0.39, 0.29) is 18.6 Å². The smallest absolute Gasteiger partial charge is 0.270 e. The third kappa shape index (κ3) is 3.49. The Morgan fingerprint density at radius 1 is 1.27 bits per heavy atom. The van der Waals surface area contributed by atoms with E-state index in [1.807, 2.05) is 30.3 Å². The van der Waals surface area contributed by atoms with Crippen molar-refractivity contribution in [2.75, 3.05) is 6.61 Å². The van der Waals surface area contributed by atoms with E-state index in [1.165, 1.54) is 0 Å². The van der Waals surface area contributed by atoms with Gasteiger partial charge >= 0.3 is 0 Å². The van der Waals surface area contributed by atoms with E-state index < -0.39 is 0 Å². The molecule has 3 rings (SSSR count). The minimum absolute atomic E-state index is 0.0109. The van der Waals surface area contributed by atoms with Gasteiger partial charge in [-0.05, 0) is 30.9 Å². The molecular weight excluding hydrogens is 278 g/mol. The Labute approximate surface area is 129 Å². The first-order valence-electron chi connectivity index (χ1n) is 7.57.